The Kier molecular flexibility index (Phi) is 7.36. The van der Waals surface area contributed by atoms with Gasteiger partial charge in [0.1, 0.15) is 11.2 Å². The fourth-order valence-corrected chi connectivity index (χ4v) is 10.6. The molecule has 0 radical (unpaired) electrons. The normalized spacial score (nSPS) is 14.3. The zero-order valence-electron chi connectivity index (χ0n) is 34.3. The zero-order valence-corrected chi connectivity index (χ0v) is 34.3. The van der Waals surface area contributed by atoms with Gasteiger partial charge in [0.15, 0.2) is 0 Å². The van der Waals surface area contributed by atoms with E-state index in [1.54, 1.807) is 0 Å². The maximum absolute atomic E-state index is 6.76. The molecule has 9 aromatic carbocycles. The van der Waals surface area contributed by atoms with Gasteiger partial charge in [0, 0.05) is 49.5 Å². The number of nitrogens with zero attached hydrogens (tertiary/aromatic N) is 1. The van der Waals surface area contributed by atoms with Gasteiger partial charge in [-0.2, -0.15) is 0 Å². The van der Waals surface area contributed by atoms with Crippen molar-refractivity contribution in [1.82, 2.24) is 0 Å². The molecule has 60 heavy (non-hydrogen) atoms. The molecule has 12 rings (SSSR count). The molecule has 0 saturated heterocycles. The number of para-hydroxylation sites is 1. The van der Waals surface area contributed by atoms with E-state index in [1.807, 2.05) is 0 Å². The van der Waals surface area contributed by atoms with Gasteiger partial charge < -0.3 is 9.32 Å². The highest BCUT2D eigenvalue weighted by atomic mass is 16.3. The minimum Gasteiger partial charge on any atom is -0.455 e. The SMILES string of the molecule is CC1(C)c2ccccc2-c2ccc(-c3ccc(N(c4ccc(-c5cccc6c5oc5c7ccccc7ccc65)cc4)c4cccc5c4-c4ccccc4C5(C)C)cc3)cc21. The Hall–Kier alpha value is -7.16. The fourth-order valence-electron chi connectivity index (χ4n) is 10.6. The number of rotatable bonds is 5. The molecule has 0 bridgehead atoms. The number of hydrogen-bond acceptors (Lipinski definition) is 2. The van der Waals surface area contributed by atoms with Crippen LogP contribution in [0.2, 0.25) is 0 Å². The summed E-state index contributed by atoms with van der Waals surface area (Å²) in [6.07, 6.45) is 0. The first-order valence-corrected chi connectivity index (χ1v) is 21.1. The van der Waals surface area contributed by atoms with Crippen LogP contribution in [0.3, 0.4) is 0 Å². The smallest absolute Gasteiger partial charge is 0.143 e. The minimum atomic E-state index is -0.112. The monoisotopic (exact) mass is 769 g/mol. The Morgan fingerprint density at radius 1 is 0.367 bits per heavy atom. The molecule has 0 fully saturated rings. The van der Waals surface area contributed by atoms with Crippen LogP contribution in [0.5, 0.6) is 0 Å². The number of fused-ring (bicyclic) bond motifs is 11. The van der Waals surface area contributed by atoms with E-state index < -0.39 is 0 Å². The molecule has 1 aromatic heterocycles. The Balaban J connectivity index is 0.984. The highest BCUT2D eigenvalue weighted by Gasteiger charge is 2.38. The molecular weight excluding hydrogens is 727 g/mol. The van der Waals surface area contributed by atoms with E-state index in [0.29, 0.717) is 0 Å². The standard InChI is InChI=1S/C58H43NO/c1-57(2)50-20-10-8-16-48(50)54-51(57)21-12-22-53(54)59(40-29-23-36(24-30-40)39-28-33-45-44-15-7-9-19-49(44)58(3,4)52(45)35-39)41-31-25-38(26-32-41)43-17-11-18-46-47-34-27-37-13-5-6-14-42(37)56(47)60-55(43)46/h5-35H,1-4H3. The van der Waals surface area contributed by atoms with Gasteiger partial charge in [0.05, 0.1) is 5.69 Å². The van der Waals surface area contributed by atoms with Crippen LogP contribution in [0.25, 0.3) is 77.2 Å². The Bertz CT molecular complexity index is 3360. The van der Waals surface area contributed by atoms with Gasteiger partial charge in [-0.15, -0.1) is 0 Å². The average molecular weight is 770 g/mol. The molecule has 2 aliphatic carbocycles. The van der Waals surface area contributed by atoms with Crippen LogP contribution in [0.4, 0.5) is 17.1 Å². The third-order valence-corrected chi connectivity index (χ3v) is 13.7. The zero-order chi connectivity index (χ0) is 40.3. The first-order chi connectivity index (χ1) is 29.3. The number of furan rings is 1. The van der Waals surface area contributed by atoms with Crippen molar-refractivity contribution in [2.75, 3.05) is 4.90 Å². The lowest BCUT2D eigenvalue weighted by Gasteiger charge is -2.29. The minimum absolute atomic E-state index is 0.0487. The van der Waals surface area contributed by atoms with Crippen molar-refractivity contribution in [2.24, 2.45) is 0 Å². The van der Waals surface area contributed by atoms with Crippen molar-refractivity contribution >= 4 is 49.8 Å². The number of benzene rings is 9. The van der Waals surface area contributed by atoms with E-state index in [1.165, 1.54) is 66.7 Å². The Labute approximate surface area is 351 Å². The molecule has 2 nitrogen and oxygen atoms in total. The molecule has 0 spiro atoms. The summed E-state index contributed by atoms with van der Waals surface area (Å²) < 4.78 is 6.76. The molecule has 1 heterocycles. The van der Waals surface area contributed by atoms with Gasteiger partial charge >= 0.3 is 0 Å². The van der Waals surface area contributed by atoms with Crippen LogP contribution in [-0.4, -0.2) is 0 Å². The largest absolute Gasteiger partial charge is 0.455 e. The second kappa shape index (κ2) is 12.7. The van der Waals surface area contributed by atoms with Crippen LogP contribution in [0, 0.1) is 0 Å². The van der Waals surface area contributed by atoms with Crippen LogP contribution in [0.1, 0.15) is 49.9 Å². The van der Waals surface area contributed by atoms with Gasteiger partial charge in [0.2, 0.25) is 0 Å². The van der Waals surface area contributed by atoms with Crippen molar-refractivity contribution in [3.05, 3.63) is 210 Å². The molecule has 286 valence electrons. The van der Waals surface area contributed by atoms with Gasteiger partial charge in [-0.1, -0.05) is 173 Å². The van der Waals surface area contributed by atoms with E-state index in [4.69, 9.17) is 4.42 Å². The van der Waals surface area contributed by atoms with Gasteiger partial charge in [-0.25, -0.2) is 0 Å². The highest BCUT2D eigenvalue weighted by Crippen LogP contribution is 2.55. The van der Waals surface area contributed by atoms with Crippen LogP contribution >= 0.6 is 0 Å². The lowest BCUT2D eigenvalue weighted by Crippen LogP contribution is -2.16. The highest BCUT2D eigenvalue weighted by molar-refractivity contribution is 6.17. The maximum Gasteiger partial charge on any atom is 0.143 e. The average Bonchev–Trinajstić information content (AvgIpc) is 3.87. The topological polar surface area (TPSA) is 16.4 Å². The predicted octanol–water partition coefficient (Wildman–Crippen LogP) is 16.2. The van der Waals surface area contributed by atoms with Crippen molar-refractivity contribution < 1.29 is 4.42 Å². The van der Waals surface area contributed by atoms with E-state index in [0.717, 1.165) is 49.8 Å². The van der Waals surface area contributed by atoms with E-state index in [-0.39, 0.29) is 10.8 Å². The molecule has 0 N–H and O–H groups in total. The summed E-state index contributed by atoms with van der Waals surface area (Å²) in [5.41, 5.74) is 20.5. The molecule has 0 saturated carbocycles. The van der Waals surface area contributed by atoms with E-state index in [9.17, 15) is 0 Å². The van der Waals surface area contributed by atoms with Gasteiger partial charge in [-0.05, 0) is 103 Å². The summed E-state index contributed by atoms with van der Waals surface area (Å²) in [6, 6.07) is 69.2. The predicted molar refractivity (Wildman–Crippen MR) is 252 cm³/mol. The molecular formula is C58H43NO. The van der Waals surface area contributed by atoms with Crippen molar-refractivity contribution in [1.29, 1.82) is 0 Å². The van der Waals surface area contributed by atoms with Crippen molar-refractivity contribution in [2.45, 2.75) is 38.5 Å². The Morgan fingerprint density at radius 3 is 1.70 bits per heavy atom. The van der Waals surface area contributed by atoms with E-state index in [2.05, 4.69) is 221 Å². The maximum atomic E-state index is 6.76. The molecule has 2 aliphatic rings. The summed E-state index contributed by atoms with van der Waals surface area (Å²) in [4.78, 5) is 2.45. The van der Waals surface area contributed by atoms with Crippen LogP contribution < -0.4 is 4.90 Å². The summed E-state index contributed by atoms with van der Waals surface area (Å²) in [6.45, 7) is 9.41. The first kappa shape index (κ1) is 34.8. The molecule has 2 heteroatoms. The van der Waals surface area contributed by atoms with Gasteiger partial charge in [-0.3, -0.25) is 0 Å². The van der Waals surface area contributed by atoms with Gasteiger partial charge in [0.25, 0.3) is 0 Å². The first-order valence-electron chi connectivity index (χ1n) is 21.1. The third kappa shape index (κ3) is 4.94. The molecule has 0 aliphatic heterocycles. The third-order valence-electron chi connectivity index (χ3n) is 13.7. The summed E-state index contributed by atoms with van der Waals surface area (Å²) in [5.74, 6) is 0. The van der Waals surface area contributed by atoms with Crippen molar-refractivity contribution in [3.8, 4) is 44.5 Å². The van der Waals surface area contributed by atoms with Crippen LogP contribution in [-0.2, 0) is 10.8 Å². The summed E-state index contributed by atoms with van der Waals surface area (Å²) >= 11 is 0. The number of anilines is 3. The molecule has 0 amide bonds. The van der Waals surface area contributed by atoms with Crippen LogP contribution in [0.15, 0.2) is 192 Å². The molecule has 0 unspecified atom stereocenters. The van der Waals surface area contributed by atoms with Crippen molar-refractivity contribution in [3.63, 3.8) is 0 Å². The summed E-state index contributed by atoms with van der Waals surface area (Å²) in [5, 5.41) is 4.60. The summed E-state index contributed by atoms with van der Waals surface area (Å²) in [7, 11) is 0. The lowest BCUT2D eigenvalue weighted by atomic mass is 9.81. The fraction of sp³-hybridized carbons (Fsp3) is 0.103. The Morgan fingerprint density at radius 2 is 0.917 bits per heavy atom. The number of hydrogen-bond donors (Lipinski definition) is 0. The molecule has 10 aromatic rings. The quantitative estimate of drug-likeness (QED) is 0.173. The van der Waals surface area contributed by atoms with E-state index >= 15 is 0 Å². The second-order valence-electron chi connectivity index (χ2n) is 17.7. The second-order valence-corrected chi connectivity index (χ2v) is 17.7. The lowest BCUT2D eigenvalue weighted by molar-refractivity contribution is 0.660. The molecule has 0 atom stereocenters.